The molecule has 2 aromatic rings. The van der Waals surface area contributed by atoms with Crippen LogP contribution in [0.1, 0.15) is 30.4 Å². The van der Waals surface area contributed by atoms with Crippen molar-refractivity contribution in [3.63, 3.8) is 0 Å². The summed E-state index contributed by atoms with van der Waals surface area (Å²) in [4.78, 5) is 12.0. The van der Waals surface area contributed by atoms with Crippen molar-refractivity contribution < 1.29 is 18.7 Å². The predicted molar refractivity (Wildman–Crippen MR) is 80.4 cm³/mol. The van der Waals surface area contributed by atoms with Crippen LogP contribution in [-0.2, 0) is 11.4 Å². The second-order valence-electron chi connectivity index (χ2n) is 5.18. The molecular weight excluding hydrogens is 288 g/mol. The molecule has 116 valence electrons. The van der Waals surface area contributed by atoms with Gasteiger partial charge in [-0.2, -0.15) is 0 Å². The van der Waals surface area contributed by atoms with Gasteiger partial charge in [-0.05, 0) is 35.2 Å². The number of benzene rings is 2. The molecule has 1 atom stereocenters. The average molecular weight is 305 g/mol. The first-order valence-electron chi connectivity index (χ1n) is 6.94. The number of carbonyl (C=O) groups excluding carboxylic acids is 1. The van der Waals surface area contributed by atoms with E-state index < -0.39 is 11.6 Å². The van der Waals surface area contributed by atoms with Crippen molar-refractivity contribution in [1.29, 1.82) is 0 Å². The smallest absolute Gasteiger partial charge is 0.224 e. The summed E-state index contributed by atoms with van der Waals surface area (Å²) >= 11 is 0. The summed E-state index contributed by atoms with van der Waals surface area (Å²) in [7, 11) is 0. The Hall–Kier alpha value is -2.27. The zero-order valence-electron chi connectivity index (χ0n) is 12.1. The molecule has 2 N–H and O–H groups in total. The molecule has 0 aliphatic heterocycles. The highest BCUT2D eigenvalue weighted by atomic mass is 19.1. The van der Waals surface area contributed by atoms with Crippen molar-refractivity contribution in [2.75, 3.05) is 5.32 Å². The van der Waals surface area contributed by atoms with Gasteiger partial charge in [-0.3, -0.25) is 4.79 Å². The van der Waals surface area contributed by atoms with E-state index >= 15 is 0 Å². The quantitative estimate of drug-likeness (QED) is 0.887. The number of halogens is 2. The van der Waals surface area contributed by atoms with E-state index in [9.17, 15) is 13.6 Å². The Morgan fingerprint density at radius 3 is 2.68 bits per heavy atom. The van der Waals surface area contributed by atoms with Gasteiger partial charge < -0.3 is 10.4 Å². The zero-order valence-corrected chi connectivity index (χ0v) is 12.1. The second kappa shape index (κ2) is 7.13. The number of nitrogens with one attached hydrogen (secondary N) is 1. The van der Waals surface area contributed by atoms with Crippen molar-refractivity contribution >= 4 is 11.6 Å². The minimum absolute atomic E-state index is 0.0753. The minimum atomic E-state index is -0.650. The molecule has 0 aliphatic carbocycles. The molecule has 1 amide bonds. The fourth-order valence-electron chi connectivity index (χ4n) is 2.25. The minimum Gasteiger partial charge on any atom is -0.392 e. The Morgan fingerprint density at radius 1 is 1.23 bits per heavy atom. The number of hydrogen-bond acceptors (Lipinski definition) is 2. The van der Waals surface area contributed by atoms with Crippen LogP contribution >= 0.6 is 0 Å². The lowest BCUT2D eigenvalue weighted by molar-refractivity contribution is -0.116. The van der Waals surface area contributed by atoms with Crippen molar-refractivity contribution in [2.45, 2.75) is 25.9 Å². The molecule has 0 aromatic heterocycles. The summed E-state index contributed by atoms with van der Waals surface area (Å²) in [5, 5.41) is 11.8. The molecule has 2 aromatic carbocycles. The molecule has 0 fully saturated rings. The summed E-state index contributed by atoms with van der Waals surface area (Å²) in [5.41, 5.74) is 1.57. The topological polar surface area (TPSA) is 49.3 Å². The first kappa shape index (κ1) is 16.1. The Morgan fingerprint density at radius 2 is 2.00 bits per heavy atom. The van der Waals surface area contributed by atoms with E-state index in [1.165, 1.54) is 12.1 Å². The van der Waals surface area contributed by atoms with Crippen LogP contribution in [0.5, 0.6) is 0 Å². The van der Waals surface area contributed by atoms with Crippen molar-refractivity contribution in [3.05, 3.63) is 65.2 Å². The fraction of sp³-hybridized carbons (Fsp3) is 0.235. The summed E-state index contributed by atoms with van der Waals surface area (Å²) in [6.45, 7) is 1.60. The maximum Gasteiger partial charge on any atom is 0.224 e. The highest BCUT2D eigenvalue weighted by Gasteiger charge is 2.15. The maximum absolute atomic E-state index is 13.7. The molecule has 0 bridgehead atoms. The molecule has 0 spiro atoms. The van der Waals surface area contributed by atoms with Crippen LogP contribution in [0.2, 0.25) is 0 Å². The Kier molecular flexibility index (Phi) is 5.22. The third kappa shape index (κ3) is 4.11. The monoisotopic (exact) mass is 305 g/mol. The standard InChI is InChI=1S/C17H17F2NO2/c1-11(15-6-5-13(18)9-16(15)19)7-17(22)20-14-4-2-3-12(8-14)10-21/h2-6,8-9,11,21H,7,10H2,1H3,(H,20,22). The molecule has 0 aliphatic rings. The third-order valence-corrected chi connectivity index (χ3v) is 3.38. The number of carbonyl (C=O) groups is 1. The van der Waals surface area contributed by atoms with E-state index in [4.69, 9.17) is 5.11 Å². The van der Waals surface area contributed by atoms with Gasteiger partial charge in [0.15, 0.2) is 0 Å². The van der Waals surface area contributed by atoms with E-state index in [-0.39, 0.29) is 24.9 Å². The molecule has 1 unspecified atom stereocenters. The van der Waals surface area contributed by atoms with Crippen LogP contribution in [0.15, 0.2) is 42.5 Å². The number of rotatable bonds is 5. The van der Waals surface area contributed by atoms with Crippen LogP contribution in [0.3, 0.4) is 0 Å². The molecule has 0 heterocycles. The number of hydrogen-bond donors (Lipinski definition) is 2. The Bertz CT molecular complexity index is 673. The second-order valence-corrected chi connectivity index (χ2v) is 5.18. The molecular formula is C17H17F2NO2. The van der Waals surface area contributed by atoms with E-state index in [1.807, 2.05) is 0 Å². The van der Waals surface area contributed by atoms with Crippen LogP contribution < -0.4 is 5.32 Å². The fourth-order valence-corrected chi connectivity index (χ4v) is 2.25. The van der Waals surface area contributed by atoms with Gasteiger partial charge >= 0.3 is 0 Å². The van der Waals surface area contributed by atoms with Crippen molar-refractivity contribution in [2.24, 2.45) is 0 Å². The molecule has 0 saturated carbocycles. The number of aliphatic hydroxyl groups excluding tert-OH is 1. The lowest BCUT2D eigenvalue weighted by atomic mass is 9.97. The molecule has 5 heteroatoms. The van der Waals surface area contributed by atoms with Gasteiger partial charge in [-0.25, -0.2) is 8.78 Å². The zero-order chi connectivity index (χ0) is 16.1. The first-order chi connectivity index (χ1) is 10.5. The van der Waals surface area contributed by atoms with Gasteiger partial charge in [0.2, 0.25) is 5.91 Å². The Labute approximate surface area is 127 Å². The molecule has 2 rings (SSSR count). The first-order valence-corrected chi connectivity index (χ1v) is 6.94. The van der Waals surface area contributed by atoms with Crippen molar-refractivity contribution in [1.82, 2.24) is 0 Å². The van der Waals surface area contributed by atoms with Gasteiger partial charge in [0.1, 0.15) is 11.6 Å². The Balaban J connectivity index is 2.01. The molecule has 3 nitrogen and oxygen atoms in total. The van der Waals surface area contributed by atoms with Gasteiger partial charge in [-0.1, -0.05) is 25.1 Å². The average Bonchev–Trinajstić information content (AvgIpc) is 2.47. The summed E-state index contributed by atoms with van der Waals surface area (Å²) in [5.74, 6) is -1.94. The van der Waals surface area contributed by atoms with Crippen LogP contribution in [-0.4, -0.2) is 11.0 Å². The lowest BCUT2D eigenvalue weighted by Crippen LogP contribution is -2.15. The van der Waals surface area contributed by atoms with Crippen LogP contribution in [0, 0.1) is 11.6 Å². The highest BCUT2D eigenvalue weighted by Crippen LogP contribution is 2.23. The SMILES string of the molecule is CC(CC(=O)Nc1cccc(CO)c1)c1ccc(F)cc1F. The van der Waals surface area contributed by atoms with Gasteiger partial charge in [0.05, 0.1) is 6.61 Å². The maximum atomic E-state index is 13.7. The number of anilines is 1. The van der Waals surface area contributed by atoms with Crippen LogP contribution in [0.25, 0.3) is 0 Å². The van der Waals surface area contributed by atoms with E-state index in [0.717, 1.165) is 6.07 Å². The van der Waals surface area contributed by atoms with Gasteiger partial charge in [0, 0.05) is 18.2 Å². The number of amides is 1. The summed E-state index contributed by atoms with van der Waals surface area (Å²) in [6.07, 6.45) is 0.0753. The van der Waals surface area contributed by atoms with Crippen LogP contribution in [0.4, 0.5) is 14.5 Å². The summed E-state index contributed by atoms with van der Waals surface area (Å²) in [6, 6.07) is 10.2. The van der Waals surface area contributed by atoms with E-state index in [0.29, 0.717) is 16.8 Å². The molecule has 0 saturated heterocycles. The summed E-state index contributed by atoms with van der Waals surface area (Å²) < 4.78 is 26.6. The molecule has 22 heavy (non-hydrogen) atoms. The van der Waals surface area contributed by atoms with Gasteiger partial charge in [-0.15, -0.1) is 0 Å². The largest absolute Gasteiger partial charge is 0.392 e. The number of aliphatic hydroxyl groups is 1. The predicted octanol–water partition coefficient (Wildman–Crippen LogP) is 3.59. The lowest BCUT2D eigenvalue weighted by Gasteiger charge is -2.13. The van der Waals surface area contributed by atoms with Crippen molar-refractivity contribution in [3.8, 4) is 0 Å². The third-order valence-electron chi connectivity index (χ3n) is 3.38. The highest BCUT2D eigenvalue weighted by molar-refractivity contribution is 5.91. The van der Waals surface area contributed by atoms with E-state index in [1.54, 1.807) is 31.2 Å². The van der Waals surface area contributed by atoms with E-state index in [2.05, 4.69) is 5.32 Å². The normalized spacial score (nSPS) is 12.0. The molecule has 0 radical (unpaired) electrons. The van der Waals surface area contributed by atoms with Gasteiger partial charge in [0.25, 0.3) is 0 Å².